The van der Waals surface area contributed by atoms with E-state index in [1.54, 1.807) is 31.4 Å². The van der Waals surface area contributed by atoms with Gasteiger partial charge in [-0.1, -0.05) is 30.3 Å². The molecule has 2 aromatic carbocycles. The fraction of sp³-hybridized carbons (Fsp3) is 0.481. The van der Waals surface area contributed by atoms with Gasteiger partial charge >= 0.3 is 0 Å². The zero-order valence-corrected chi connectivity index (χ0v) is 19.5. The number of rotatable bonds is 13. The third-order valence-corrected chi connectivity index (χ3v) is 6.26. The number of carbonyl (C=O) groups excluding carboxylic acids is 2. The number of aliphatic hydroxyl groups excluding tert-OH is 1. The minimum Gasteiger partial charge on any atom is -0.497 e. The molecular weight excluding hydrogens is 416 g/mol. The van der Waals surface area contributed by atoms with Crippen LogP contribution in [0.25, 0.3) is 0 Å². The molecule has 1 heterocycles. The molecular formula is C27H36N2O4. The maximum atomic E-state index is 12.6. The van der Waals surface area contributed by atoms with Gasteiger partial charge in [0.05, 0.1) is 19.3 Å². The van der Waals surface area contributed by atoms with Crippen LogP contribution in [0.2, 0.25) is 0 Å². The van der Waals surface area contributed by atoms with Crippen LogP contribution in [0.3, 0.4) is 0 Å². The molecule has 178 valence electrons. The summed E-state index contributed by atoms with van der Waals surface area (Å²) in [6, 6.07) is 16.8. The number of Topliss-reactive ketones (excluding diaryl/α,β-unsaturated/α-hetero) is 1. The van der Waals surface area contributed by atoms with Crippen molar-refractivity contribution in [2.45, 2.75) is 57.1 Å². The van der Waals surface area contributed by atoms with Crippen molar-refractivity contribution in [3.8, 4) is 5.75 Å². The van der Waals surface area contributed by atoms with Crippen LogP contribution < -0.4 is 10.1 Å². The van der Waals surface area contributed by atoms with E-state index in [-0.39, 0.29) is 24.2 Å². The van der Waals surface area contributed by atoms with E-state index in [4.69, 9.17) is 4.74 Å². The molecule has 1 amide bonds. The van der Waals surface area contributed by atoms with Crippen LogP contribution >= 0.6 is 0 Å². The highest BCUT2D eigenvalue weighted by atomic mass is 16.5. The zero-order valence-electron chi connectivity index (χ0n) is 19.5. The van der Waals surface area contributed by atoms with Gasteiger partial charge in [0, 0.05) is 24.9 Å². The number of amides is 1. The van der Waals surface area contributed by atoms with Gasteiger partial charge in [-0.05, 0) is 75.0 Å². The molecule has 3 rings (SSSR count). The Morgan fingerprint density at radius 2 is 1.73 bits per heavy atom. The molecule has 0 radical (unpaired) electrons. The lowest BCUT2D eigenvalue weighted by atomic mass is 10.0. The zero-order chi connectivity index (χ0) is 23.5. The molecule has 0 spiro atoms. The first-order valence-corrected chi connectivity index (χ1v) is 12.0. The highest BCUT2D eigenvalue weighted by Gasteiger charge is 2.25. The number of carbonyl (C=O) groups is 2. The smallest absolute Gasteiger partial charge is 0.220 e. The average Bonchev–Trinajstić information content (AvgIpc) is 3.36. The summed E-state index contributed by atoms with van der Waals surface area (Å²) in [7, 11) is 1.59. The molecule has 0 aromatic heterocycles. The summed E-state index contributed by atoms with van der Waals surface area (Å²) in [6.07, 6.45) is 4.13. The largest absolute Gasteiger partial charge is 0.497 e. The Hall–Kier alpha value is -2.70. The molecule has 2 aromatic rings. The number of aryl methyl sites for hydroxylation is 1. The maximum absolute atomic E-state index is 12.6. The normalized spacial score (nSPS) is 15.7. The molecule has 1 fully saturated rings. The topological polar surface area (TPSA) is 78.9 Å². The van der Waals surface area contributed by atoms with E-state index in [0.29, 0.717) is 37.1 Å². The van der Waals surface area contributed by atoms with Crippen molar-refractivity contribution in [2.24, 2.45) is 0 Å². The SMILES string of the molecule is COc1ccc(C(=O)CCCC(=O)N[C@H](CN2CCCC2)[C@H](O)CCc2ccccc2)cc1. The van der Waals surface area contributed by atoms with Gasteiger partial charge in [-0.15, -0.1) is 0 Å². The second-order valence-electron chi connectivity index (χ2n) is 8.78. The van der Waals surface area contributed by atoms with Crippen molar-refractivity contribution < 1.29 is 19.4 Å². The third-order valence-electron chi connectivity index (χ3n) is 6.26. The minimum absolute atomic E-state index is 0.0157. The van der Waals surface area contributed by atoms with Gasteiger partial charge in [0.2, 0.25) is 5.91 Å². The van der Waals surface area contributed by atoms with Crippen LogP contribution in [0, 0.1) is 0 Å². The summed E-state index contributed by atoms with van der Waals surface area (Å²) in [4.78, 5) is 27.3. The van der Waals surface area contributed by atoms with Gasteiger partial charge in [-0.3, -0.25) is 9.59 Å². The molecule has 6 nitrogen and oxygen atoms in total. The van der Waals surface area contributed by atoms with Crippen molar-refractivity contribution in [1.82, 2.24) is 10.2 Å². The molecule has 6 heteroatoms. The number of hydrogen-bond donors (Lipinski definition) is 2. The Balaban J connectivity index is 1.47. The lowest BCUT2D eigenvalue weighted by Crippen LogP contribution is -2.50. The van der Waals surface area contributed by atoms with E-state index in [0.717, 1.165) is 32.4 Å². The lowest BCUT2D eigenvalue weighted by Gasteiger charge is -2.28. The highest BCUT2D eigenvalue weighted by Crippen LogP contribution is 2.15. The molecule has 33 heavy (non-hydrogen) atoms. The Labute approximate surface area is 196 Å². The van der Waals surface area contributed by atoms with E-state index >= 15 is 0 Å². The first-order valence-electron chi connectivity index (χ1n) is 12.0. The van der Waals surface area contributed by atoms with E-state index in [1.165, 1.54) is 5.56 Å². The van der Waals surface area contributed by atoms with E-state index in [2.05, 4.69) is 22.3 Å². The van der Waals surface area contributed by atoms with Crippen LogP contribution in [-0.2, 0) is 11.2 Å². The van der Waals surface area contributed by atoms with E-state index in [9.17, 15) is 14.7 Å². The van der Waals surface area contributed by atoms with E-state index in [1.807, 2.05) is 18.2 Å². The number of aliphatic hydroxyl groups is 1. The first-order chi connectivity index (χ1) is 16.0. The molecule has 2 atom stereocenters. The number of nitrogens with zero attached hydrogens (tertiary/aromatic N) is 1. The second kappa shape index (κ2) is 13.1. The van der Waals surface area contributed by atoms with Crippen LogP contribution in [0.1, 0.15) is 54.4 Å². The summed E-state index contributed by atoms with van der Waals surface area (Å²) in [5.41, 5.74) is 1.80. The standard InChI is InChI=1S/C27H36N2O4/c1-33-23-15-13-22(14-16-23)25(30)10-7-11-27(32)28-24(20-29-18-5-6-19-29)26(31)17-12-21-8-3-2-4-9-21/h2-4,8-9,13-16,24,26,31H,5-7,10-12,17-20H2,1H3,(H,28,32)/t24-,26-/m1/s1. The number of methoxy groups -OCH3 is 1. The molecule has 1 saturated heterocycles. The summed E-state index contributed by atoms with van der Waals surface area (Å²) < 4.78 is 5.12. The third kappa shape index (κ3) is 8.30. The quantitative estimate of drug-likeness (QED) is 0.454. The van der Waals surface area contributed by atoms with E-state index < -0.39 is 6.10 Å². The number of benzene rings is 2. The molecule has 0 unspecified atom stereocenters. The molecule has 0 saturated carbocycles. The van der Waals surface area contributed by atoms with Gasteiger partial charge in [-0.2, -0.15) is 0 Å². The van der Waals surface area contributed by atoms with Crippen molar-refractivity contribution in [2.75, 3.05) is 26.7 Å². The highest BCUT2D eigenvalue weighted by molar-refractivity contribution is 5.96. The molecule has 0 bridgehead atoms. The molecule has 0 aliphatic carbocycles. The fourth-order valence-electron chi connectivity index (χ4n) is 4.28. The lowest BCUT2D eigenvalue weighted by molar-refractivity contribution is -0.123. The summed E-state index contributed by atoms with van der Waals surface area (Å²) in [6.45, 7) is 2.68. The van der Waals surface area contributed by atoms with Gasteiger partial charge in [0.1, 0.15) is 5.75 Å². The van der Waals surface area contributed by atoms with Gasteiger partial charge in [-0.25, -0.2) is 0 Å². The van der Waals surface area contributed by atoms with Gasteiger partial charge in [0.25, 0.3) is 0 Å². The van der Waals surface area contributed by atoms with Crippen LogP contribution in [0.4, 0.5) is 0 Å². The van der Waals surface area contributed by atoms with Crippen LogP contribution in [0.15, 0.2) is 54.6 Å². The van der Waals surface area contributed by atoms with Crippen LogP contribution in [-0.4, -0.2) is 60.6 Å². The minimum atomic E-state index is -0.615. The Kier molecular flexibility index (Phi) is 9.91. The number of ether oxygens (including phenoxy) is 1. The second-order valence-corrected chi connectivity index (χ2v) is 8.78. The Morgan fingerprint density at radius 1 is 1.03 bits per heavy atom. The summed E-state index contributed by atoms with van der Waals surface area (Å²) in [5.74, 6) is 0.614. The van der Waals surface area contributed by atoms with Crippen molar-refractivity contribution in [1.29, 1.82) is 0 Å². The Bertz CT molecular complexity index is 863. The summed E-state index contributed by atoms with van der Waals surface area (Å²) >= 11 is 0. The predicted octanol–water partition coefficient (Wildman–Crippen LogP) is 3.62. The van der Waals surface area contributed by atoms with Gasteiger partial charge in [0.15, 0.2) is 5.78 Å². The van der Waals surface area contributed by atoms with Crippen molar-refractivity contribution in [3.05, 3.63) is 65.7 Å². The number of ketones is 1. The number of nitrogens with one attached hydrogen (secondary N) is 1. The maximum Gasteiger partial charge on any atom is 0.220 e. The number of hydrogen-bond acceptors (Lipinski definition) is 5. The first kappa shape index (κ1) is 24.9. The fourth-order valence-corrected chi connectivity index (χ4v) is 4.28. The predicted molar refractivity (Wildman–Crippen MR) is 130 cm³/mol. The van der Waals surface area contributed by atoms with Gasteiger partial charge < -0.3 is 20.1 Å². The summed E-state index contributed by atoms with van der Waals surface area (Å²) in [5, 5.41) is 13.9. The van der Waals surface area contributed by atoms with Crippen molar-refractivity contribution in [3.63, 3.8) is 0 Å². The Morgan fingerprint density at radius 3 is 2.39 bits per heavy atom. The average molecular weight is 453 g/mol. The number of likely N-dealkylation sites (tertiary alicyclic amines) is 1. The van der Waals surface area contributed by atoms with Crippen LogP contribution in [0.5, 0.6) is 5.75 Å². The van der Waals surface area contributed by atoms with Crippen molar-refractivity contribution >= 4 is 11.7 Å². The monoisotopic (exact) mass is 452 g/mol. The molecule has 1 aliphatic rings. The molecule has 1 aliphatic heterocycles. The molecule has 2 N–H and O–H groups in total.